The van der Waals surface area contributed by atoms with Crippen molar-refractivity contribution < 1.29 is 52.4 Å². The summed E-state index contributed by atoms with van der Waals surface area (Å²) in [6.07, 6.45) is -4.10. The molecule has 0 amide bonds. The highest BCUT2D eigenvalue weighted by Crippen LogP contribution is 2.27. The lowest BCUT2D eigenvalue weighted by Gasteiger charge is -2.39. The van der Waals surface area contributed by atoms with Crippen molar-refractivity contribution in [2.45, 2.75) is 58.2 Å². The third kappa shape index (κ3) is 7.35. The van der Waals surface area contributed by atoms with E-state index in [2.05, 4.69) is 4.74 Å². The molecule has 12 heteroatoms. The summed E-state index contributed by atoms with van der Waals surface area (Å²) in [6.45, 7) is 3.94. The first-order valence-corrected chi connectivity index (χ1v) is 8.83. The maximum Gasteiger partial charge on any atom is 0.373 e. The minimum atomic E-state index is -1.42. The summed E-state index contributed by atoms with van der Waals surface area (Å²) < 4.78 is 30.5. The van der Waals surface area contributed by atoms with Crippen LogP contribution in [0.25, 0.3) is 0 Å². The van der Waals surface area contributed by atoms with Gasteiger partial charge >= 0.3 is 29.8 Å². The Morgan fingerprint density at radius 3 is 2.07 bits per heavy atom. The molecule has 1 heterocycles. The lowest BCUT2D eigenvalue weighted by Crippen LogP contribution is -2.59. The van der Waals surface area contributed by atoms with Crippen LogP contribution in [0.4, 0.5) is 0 Å². The molecule has 0 aromatic rings. The summed E-state index contributed by atoms with van der Waals surface area (Å²) in [5, 5.41) is 0. The maximum atomic E-state index is 12.0. The van der Waals surface area contributed by atoms with Crippen LogP contribution in [0.2, 0.25) is 0 Å². The van der Waals surface area contributed by atoms with E-state index >= 15 is 0 Å². The molecule has 168 valence electrons. The van der Waals surface area contributed by atoms with Gasteiger partial charge in [0.05, 0.1) is 13.2 Å². The maximum absolute atomic E-state index is 12.0. The van der Waals surface area contributed by atoms with Gasteiger partial charge in [0.15, 0.2) is 18.3 Å². The van der Waals surface area contributed by atoms with Crippen molar-refractivity contribution in [2.24, 2.45) is 5.73 Å². The van der Waals surface area contributed by atoms with E-state index in [1.54, 1.807) is 0 Å². The lowest BCUT2D eigenvalue weighted by molar-refractivity contribution is -0.190. The van der Waals surface area contributed by atoms with Crippen LogP contribution < -0.4 is 5.73 Å². The van der Waals surface area contributed by atoms with Gasteiger partial charge in [-0.2, -0.15) is 0 Å². The summed E-state index contributed by atoms with van der Waals surface area (Å²) in [6, 6.07) is -1.15. The second kappa shape index (κ2) is 11.1. The average Bonchev–Trinajstić information content (AvgIpc) is 2.63. The summed E-state index contributed by atoms with van der Waals surface area (Å²) in [5.41, 5.74) is 6.14. The fourth-order valence-corrected chi connectivity index (χ4v) is 2.67. The summed E-state index contributed by atoms with van der Waals surface area (Å²) in [7, 11) is 1.10. The quantitative estimate of drug-likeness (QED) is 0.373. The average molecular weight is 431 g/mol. The second-order valence-corrected chi connectivity index (χ2v) is 6.28. The molecule has 1 rings (SSSR count). The van der Waals surface area contributed by atoms with E-state index in [-0.39, 0.29) is 5.76 Å². The zero-order valence-corrected chi connectivity index (χ0v) is 17.2. The zero-order chi connectivity index (χ0) is 23.0. The Morgan fingerprint density at radius 2 is 1.60 bits per heavy atom. The van der Waals surface area contributed by atoms with E-state index < -0.39 is 66.9 Å². The van der Waals surface area contributed by atoms with Gasteiger partial charge in [-0.25, -0.2) is 4.79 Å². The Balaban J connectivity index is 3.36. The fourth-order valence-electron chi connectivity index (χ4n) is 2.67. The topological polar surface area (TPSA) is 167 Å². The van der Waals surface area contributed by atoms with Gasteiger partial charge in [-0.3, -0.25) is 19.2 Å². The van der Waals surface area contributed by atoms with Crippen LogP contribution in [0.1, 0.15) is 27.7 Å². The van der Waals surface area contributed by atoms with Crippen molar-refractivity contribution in [3.05, 3.63) is 11.8 Å². The number of rotatable bonds is 8. The lowest BCUT2D eigenvalue weighted by atomic mass is 9.94. The third-order valence-electron chi connectivity index (χ3n) is 3.79. The predicted molar refractivity (Wildman–Crippen MR) is 96.2 cm³/mol. The molecule has 0 saturated carbocycles. The highest BCUT2D eigenvalue weighted by Gasteiger charge is 2.47. The first-order valence-electron chi connectivity index (χ1n) is 8.83. The van der Waals surface area contributed by atoms with Crippen LogP contribution in [-0.2, 0) is 52.4 Å². The van der Waals surface area contributed by atoms with E-state index in [4.69, 9.17) is 29.4 Å². The molecule has 5 unspecified atom stereocenters. The number of carbonyl (C=O) groups is 5. The van der Waals surface area contributed by atoms with E-state index in [1.165, 1.54) is 0 Å². The van der Waals surface area contributed by atoms with Crippen molar-refractivity contribution in [3.63, 3.8) is 0 Å². The Hall–Kier alpha value is -3.15. The monoisotopic (exact) mass is 431 g/mol. The molecule has 0 spiro atoms. The summed E-state index contributed by atoms with van der Waals surface area (Å²) in [4.78, 5) is 57.9. The molecule has 0 aromatic heterocycles. The number of ether oxygens (including phenoxy) is 6. The number of esters is 5. The smallest absolute Gasteiger partial charge is 0.373 e. The SMILES string of the molecule is COC(=O)C1=CC(OC(C)=O)C(N)C(C(OC(C)=O)C(COC(C)=O)OC(C)=O)O1. The molecule has 2 N–H and O–H groups in total. The van der Waals surface area contributed by atoms with Gasteiger partial charge in [0.1, 0.15) is 12.7 Å². The largest absolute Gasteiger partial charge is 0.477 e. The van der Waals surface area contributed by atoms with E-state index in [0.29, 0.717) is 0 Å². The van der Waals surface area contributed by atoms with E-state index in [1.807, 2.05) is 0 Å². The summed E-state index contributed by atoms with van der Waals surface area (Å²) in [5.74, 6) is -4.22. The third-order valence-corrected chi connectivity index (χ3v) is 3.79. The van der Waals surface area contributed by atoms with Crippen LogP contribution in [0, 0.1) is 0 Å². The molecule has 0 bridgehead atoms. The summed E-state index contributed by atoms with van der Waals surface area (Å²) >= 11 is 0. The van der Waals surface area contributed by atoms with Gasteiger partial charge in [0.25, 0.3) is 0 Å². The molecule has 30 heavy (non-hydrogen) atoms. The van der Waals surface area contributed by atoms with E-state index in [9.17, 15) is 24.0 Å². The van der Waals surface area contributed by atoms with Crippen molar-refractivity contribution in [1.82, 2.24) is 0 Å². The zero-order valence-electron chi connectivity index (χ0n) is 17.2. The fraction of sp³-hybridized carbons (Fsp3) is 0.611. The van der Waals surface area contributed by atoms with Gasteiger partial charge in [0, 0.05) is 33.8 Å². The molecule has 0 saturated heterocycles. The molecule has 1 aliphatic rings. The van der Waals surface area contributed by atoms with Gasteiger partial charge in [-0.15, -0.1) is 0 Å². The standard InChI is InChI=1S/C18H25NO11/c1-8(20)26-7-14(28-10(3)22)16(29-11(4)23)17-15(19)12(27-9(2)21)6-13(30-17)18(24)25-5/h6,12,14-17H,7,19H2,1-5H3. The van der Waals surface area contributed by atoms with Crippen LogP contribution in [-0.4, -0.2) is 74.0 Å². The van der Waals surface area contributed by atoms with Crippen molar-refractivity contribution in [3.8, 4) is 0 Å². The minimum Gasteiger partial charge on any atom is -0.477 e. The minimum absolute atomic E-state index is 0.360. The van der Waals surface area contributed by atoms with Crippen molar-refractivity contribution in [1.29, 1.82) is 0 Å². The normalized spacial score (nSPS) is 22.3. The number of hydrogen-bond donors (Lipinski definition) is 1. The molecule has 5 atom stereocenters. The Labute approximate surface area is 172 Å². The first-order chi connectivity index (χ1) is 14.0. The molecule has 0 aromatic carbocycles. The number of methoxy groups -OCH3 is 1. The van der Waals surface area contributed by atoms with E-state index in [0.717, 1.165) is 40.9 Å². The van der Waals surface area contributed by atoms with Crippen LogP contribution in [0.15, 0.2) is 11.8 Å². The predicted octanol–water partition coefficient (Wildman–Crippen LogP) is -0.872. The van der Waals surface area contributed by atoms with Crippen LogP contribution in [0.3, 0.4) is 0 Å². The highest BCUT2D eigenvalue weighted by molar-refractivity contribution is 5.86. The van der Waals surface area contributed by atoms with Crippen molar-refractivity contribution >= 4 is 29.8 Å². The Kier molecular flexibility index (Phi) is 9.24. The molecular formula is C18H25NO11. The number of nitrogens with two attached hydrogens (primary N) is 1. The van der Waals surface area contributed by atoms with Crippen LogP contribution >= 0.6 is 0 Å². The molecule has 0 radical (unpaired) electrons. The molecular weight excluding hydrogens is 406 g/mol. The van der Waals surface area contributed by atoms with Gasteiger partial charge < -0.3 is 34.2 Å². The van der Waals surface area contributed by atoms with Gasteiger partial charge in [0.2, 0.25) is 5.76 Å². The molecule has 1 aliphatic heterocycles. The molecule has 0 fully saturated rings. The second-order valence-electron chi connectivity index (χ2n) is 6.28. The van der Waals surface area contributed by atoms with Gasteiger partial charge in [-0.05, 0) is 0 Å². The Morgan fingerprint density at radius 1 is 1.00 bits per heavy atom. The Bertz CT molecular complexity index is 717. The van der Waals surface area contributed by atoms with Gasteiger partial charge in [-0.1, -0.05) is 0 Å². The first kappa shape index (κ1) is 24.9. The number of carbonyl (C=O) groups excluding carboxylic acids is 5. The highest BCUT2D eigenvalue weighted by atomic mass is 16.6. The molecule has 0 aliphatic carbocycles. The number of hydrogen-bond acceptors (Lipinski definition) is 12. The molecule has 12 nitrogen and oxygen atoms in total. The van der Waals surface area contributed by atoms with Crippen molar-refractivity contribution in [2.75, 3.05) is 13.7 Å². The van der Waals surface area contributed by atoms with Crippen LogP contribution in [0.5, 0.6) is 0 Å².